The summed E-state index contributed by atoms with van der Waals surface area (Å²) in [6.45, 7) is 0.607. The molecule has 2 rings (SSSR count). The van der Waals surface area contributed by atoms with Crippen molar-refractivity contribution in [2.45, 2.75) is 12.8 Å². The summed E-state index contributed by atoms with van der Waals surface area (Å²) >= 11 is 0. The SMILES string of the molecule is NCCCc1nc(-c2ccc(O)c(O)c2)n[nH]1. The van der Waals surface area contributed by atoms with Crippen molar-refractivity contribution in [1.82, 2.24) is 15.2 Å². The third-order valence-electron chi connectivity index (χ3n) is 2.38. The van der Waals surface area contributed by atoms with Crippen LogP contribution in [0.2, 0.25) is 0 Å². The van der Waals surface area contributed by atoms with Gasteiger partial charge in [0.05, 0.1) is 0 Å². The Labute approximate surface area is 98.1 Å². The van der Waals surface area contributed by atoms with Gasteiger partial charge in [0.2, 0.25) is 0 Å². The number of nitrogens with two attached hydrogens (primary N) is 1. The summed E-state index contributed by atoms with van der Waals surface area (Å²) < 4.78 is 0. The van der Waals surface area contributed by atoms with Crippen LogP contribution in [0.25, 0.3) is 11.4 Å². The first kappa shape index (κ1) is 11.4. The first-order chi connectivity index (χ1) is 8.20. The minimum atomic E-state index is -0.184. The van der Waals surface area contributed by atoms with Gasteiger partial charge in [-0.05, 0) is 31.2 Å². The summed E-state index contributed by atoms with van der Waals surface area (Å²) in [7, 11) is 0. The van der Waals surface area contributed by atoms with Crippen LogP contribution in [0, 0.1) is 0 Å². The molecule has 0 aliphatic rings. The molecule has 6 nitrogen and oxygen atoms in total. The minimum Gasteiger partial charge on any atom is -0.504 e. The van der Waals surface area contributed by atoms with E-state index in [-0.39, 0.29) is 11.5 Å². The van der Waals surface area contributed by atoms with Crippen molar-refractivity contribution in [3.8, 4) is 22.9 Å². The lowest BCUT2D eigenvalue weighted by molar-refractivity contribution is 0.404. The first-order valence-electron chi connectivity index (χ1n) is 5.34. The molecule has 0 fully saturated rings. The van der Waals surface area contributed by atoms with Crippen LogP contribution in [0.5, 0.6) is 11.5 Å². The van der Waals surface area contributed by atoms with Crippen molar-refractivity contribution in [3.05, 3.63) is 24.0 Å². The van der Waals surface area contributed by atoms with Gasteiger partial charge in [0.1, 0.15) is 5.82 Å². The van der Waals surface area contributed by atoms with E-state index in [1.165, 1.54) is 12.1 Å². The zero-order valence-electron chi connectivity index (χ0n) is 9.22. The monoisotopic (exact) mass is 234 g/mol. The van der Waals surface area contributed by atoms with Crippen LogP contribution in [0.15, 0.2) is 18.2 Å². The topological polar surface area (TPSA) is 108 Å². The number of phenols is 2. The Morgan fingerprint density at radius 2 is 2.06 bits per heavy atom. The van der Waals surface area contributed by atoms with Crippen LogP contribution >= 0.6 is 0 Å². The smallest absolute Gasteiger partial charge is 0.181 e. The molecule has 0 spiro atoms. The van der Waals surface area contributed by atoms with Gasteiger partial charge in [-0.15, -0.1) is 0 Å². The number of aromatic hydroxyl groups is 2. The number of rotatable bonds is 4. The van der Waals surface area contributed by atoms with Crippen molar-refractivity contribution in [2.24, 2.45) is 5.73 Å². The van der Waals surface area contributed by atoms with Crippen molar-refractivity contribution in [1.29, 1.82) is 0 Å². The van der Waals surface area contributed by atoms with E-state index in [2.05, 4.69) is 15.2 Å². The van der Waals surface area contributed by atoms with Crippen LogP contribution in [0.3, 0.4) is 0 Å². The molecular weight excluding hydrogens is 220 g/mol. The molecule has 0 atom stereocenters. The molecule has 0 saturated carbocycles. The molecule has 1 aromatic heterocycles. The minimum absolute atomic E-state index is 0.160. The molecule has 0 bridgehead atoms. The molecular formula is C11H14N4O2. The number of benzene rings is 1. The van der Waals surface area contributed by atoms with Crippen molar-refractivity contribution < 1.29 is 10.2 Å². The molecule has 0 amide bonds. The summed E-state index contributed by atoms with van der Waals surface area (Å²) in [5.74, 6) is 0.911. The lowest BCUT2D eigenvalue weighted by atomic mass is 10.2. The molecule has 2 aromatic rings. The summed E-state index contributed by atoms with van der Waals surface area (Å²) in [6.07, 6.45) is 1.59. The lowest BCUT2D eigenvalue weighted by Crippen LogP contribution is -2.01. The van der Waals surface area contributed by atoms with Gasteiger partial charge in [-0.3, -0.25) is 5.10 Å². The number of nitrogens with one attached hydrogen (secondary N) is 1. The average Bonchev–Trinajstić information content (AvgIpc) is 2.79. The average molecular weight is 234 g/mol. The van der Waals surface area contributed by atoms with Crippen LogP contribution in [-0.2, 0) is 6.42 Å². The van der Waals surface area contributed by atoms with Crippen LogP contribution in [0.1, 0.15) is 12.2 Å². The zero-order valence-corrected chi connectivity index (χ0v) is 9.22. The molecule has 1 heterocycles. The van der Waals surface area contributed by atoms with Crippen molar-refractivity contribution in [2.75, 3.05) is 6.54 Å². The quantitative estimate of drug-likeness (QED) is 0.584. The van der Waals surface area contributed by atoms with Gasteiger partial charge >= 0.3 is 0 Å². The van der Waals surface area contributed by atoms with Gasteiger partial charge in [0.25, 0.3) is 0 Å². The molecule has 5 N–H and O–H groups in total. The number of phenolic OH excluding ortho intramolecular Hbond substituents is 2. The van der Waals surface area contributed by atoms with Gasteiger partial charge in [-0.2, -0.15) is 5.10 Å². The fourth-order valence-electron chi connectivity index (χ4n) is 1.47. The molecule has 0 radical (unpaired) electrons. The number of nitrogens with zero attached hydrogens (tertiary/aromatic N) is 2. The Hall–Kier alpha value is -2.08. The van der Waals surface area contributed by atoms with Crippen LogP contribution in [0.4, 0.5) is 0 Å². The molecule has 0 aliphatic heterocycles. The van der Waals surface area contributed by atoms with Gasteiger partial charge in [-0.25, -0.2) is 4.98 Å². The van der Waals surface area contributed by atoms with E-state index in [9.17, 15) is 10.2 Å². The largest absolute Gasteiger partial charge is 0.504 e. The van der Waals surface area contributed by atoms with E-state index < -0.39 is 0 Å². The maximum atomic E-state index is 9.38. The second kappa shape index (κ2) is 4.84. The maximum absolute atomic E-state index is 9.38. The number of H-pyrrole nitrogens is 1. The highest BCUT2D eigenvalue weighted by atomic mass is 16.3. The number of aromatic amines is 1. The van der Waals surface area contributed by atoms with E-state index in [0.29, 0.717) is 17.9 Å². The molecule has 0 unspecified atom stereocenters. The number of aromatic nitrogens is 3. The van der Waals surface area contributed by atoms with E-state index in [4.69, 9.17) is 5.73 Å². The Morgan fingerprint density at radius 3 is 2.76 bits per heavy atom. The summed E-state index contributed by atoms with van der Waals surface area (Å²) in [6, 6.07) is 4.47. The lowest BCUT2D eigenvalue weighted by Gasteiger charge is -1.98. The molecule has 17 heavy (non-hydrogen) atoms. The second-order valence-electron chi connectivity index (χ2n) is 3.70. The first-order valence-corrected chi connectivity index (χ1v) is 5.34. The van der Waals surface area contributed by atoms with Gasteiger partial charge in [0.15, 0.2) is 17.3 Å². The fourth-order valence-corrected chi connectivity index (χ4v) is 1.47. The van der Waals surface area contributed by atoms with E-state index in [0.717, 1.165) is 18.7 Å². The van der Waals surface area contributed by atoms with Crippen molar-refractivity contribution in [3.63, 3.8) is 0 Å². The Bertz CT molecular complexity index is 510. The fraction of sp³-hybridized carbons (Fsp3) is 0.273. The number of hydrogen-bond donors (Lipinski definition) is 4. The van der Waals surface area contributed by atoms with Crippen molar-refractivity contribution >= 4 is 0 Å². The molecule has 1 aromatic carbocycles. The van der Waals surface area contributed by atoms with Crippen LogP contribution < -0.4 is 5.73 Å². The Balaban J connectivity index is 2.21. The predicted octanol–water partition coefficient (Wildman–Crippen LogP) is 0.774. The number of hydrogen-bond acceptors (Lipinski definition) is 5. The van der Waals surface area contributed by atoms with Gasteiger partial charge in [0, 0.05) is 12.0 Å². The van der Waals surface area contributed by atoms with E-state index in [1.54, 1.807) is 6.07 Å². The molecule has 0 saturated heterocycles. The molecule has 90 valence electrons. The highest BCUT2D eigenvalue weighted by Gasteiger charge is 2.08. The Morgan fingerprint density at radius 1 is 1.24 bits per heavy atom. The highest BCUT2D eigenvalue weighted by molar-refractivity contribution is 5.60. The Kier molecular flexibility index (Phi) is 3.24. The van der Waals surface area contributed by atoms with Crippen LogP contribution in [-0.4, -0.2) is 31.9 Å². The zero-order chi connectivity index (χ0) is 12.3. The maximum Gasteiger partial charge on any atom is 0.181 e. The highest BCUT2D eigenvalue weighted by Crippen LogP contribution is 2.28. The molecule has 6 heteroatoms. The van der Waals surface area contributed by atoms with E-state index >= 15 is 0 Å². The second-order valence-corrected chi connectivity index (χ2v) is 3.70. The standard InChI is InChI=1S/C11H14N4O2/c12-5-1-2-10-13-11(15-14-10)7-3-4-8(16)9(17)6-7/h3-4,6,16-17H,1-2,5,12H2,(H,13,14,15). The predicted molar refractivity (Wildman–Crippen MR) is 62.5 cm³/mol. The third kappa shape index (κ3) is 2.54. The summed E-state index contributed by atoms with van der Waals surface area (Å²) in [5.41, 5.74) is 6.06. The van der Waals surface area contributed by atoms with Gasteiger partial charge in [-0.1, -0.05) is 0 Å². The molecule has 0 aliphatic carbocycles. The van der Waals surface area contributed by atoms with Gasteiger partial charge < -0.3 is 15.9 Å². The third-order valence-corrected chi connectivity index (χ3v) is 2.38. The summed E-state index contributed by atoms with van der Waals surface area (Å²) in [5, 5.41) is 25.4. The summed E-state index contributed by atoms with van der Waals surface area (Å²) in [4.78, 5) is 4.27. The normalized spacial score (nSPS) is 10.6. The number of aryl methyl sites for hydroxylation is 1. The van der Waals surface area contributed by atoms with E-state index in [1.807, 2.05) is 0 Å².